The van der Waals surface area contributed by atoms with Crippen molar-refractivity contribution < 1.29 is 0 Å². The van der Waals surface area contributed by atoms with Gasteiger partial charge in [0.2, 0.25) is 0 Å². The van der Waals surface area contributed by atoms with Gasteiger partial charge in [-0.3, -0.25) is 4.98 Å². The van der Waals surface area contributed by atoms with Crippen molar-refractivity contribution in [2.75, 3.05) is 14.1 Å². The van der Waals surface area contributed by atoms with Crippen LogP contribution in [0.3, 0.4) is 0 Å². The molecular formula is C15H21N3. The van der Waals surface area contributed by atoms with Crippen LogP contribution in [-0.4, -0.2) is 29.5 Å². The zero-order chi connectivity index (χ0) is 13.3. The van der Waals surface area contributed by atoms with Crippen molar-refractivity contribution >= 4 is 10.9 Å². The van der Waals surface area contributed by atoms with E-state index in [-0.39, 0.29) is 11.6 Å². The third-order valence-electron chi connectivity index (χ3n) is 3.90. The van der Waals surface area contributed by atoms with E-state index in [1.165, 1.54) is 0 Å². The molecule has 0 bridgehead atoms. The molecule has 0 spiro atoms. The highest BCUT2D eigenvalue weighted by atomic mass is 15.2. The predicted octanol–water partition coefficient (Wildman–Crippen LogP) is 2.57. The van der Waals surface area contributed by atoms with E-state index in [4.69, 9.17) is 5.73 Å². The monoisotopic (exact) mass is 243 g/mol. The van der Waals surface area contributed by atoms with Crippen LogP contribution in [0.2, 0.25) is 0 Å². The first-order chi connectivity index (χ1) is 8.43. The number of nitrogens with two attached hydrogens (primary N) is 1. The van der Waals surface area contributed by atoms with Crippen LogP contribution >= 0.6 is 0 Å². The molecule has 96 valence electrons. The maximum Gasteiger partial charge on any atom is 0.0702 e. The Morgan fingerprint density at radius 3 is 2.61 bits per heavy atom. The van der Waals surface area contributed by atoms with Crippen molar-refractivity contribution in [3.8, 4) is 0 Å². The molecule has 0 aliphatic heterocycles. The Morgan fingerprint density at radius 2 is 1.94 bits per heavy atom. The van der Waals surface area contributed by atoms with Gasteiger partial charge in [0.15, 0.2) is 0 Å². The molecular weight excluding hydrogens is 222 g/mol. The third-order valence-corrected chi connectivity index (χ3v) is 3.90. The second-order valence-corrected chi connectivity index (χ2v) is 5.48. The molecule has 2 rings (SSSR count). The largest absolute Gasteiger partial charge is 0.322 e. The maximum absolute atomic E-state index is 6.40. The van der Waals surface area contributed by atoms with Crippen molar-refractivity contribution in [2.24, 2.45) is 5.73 Å². The number of rotatable bonds is 3. The molecule has 2 N–H and O–H groups in total. The number of hydrogen-bond donors (Lipinski definition) is 1. The van der Waals surface area contributed by atoms with Gasteiger partial charge in [0.25, 0.3) is 0 Å². The van der Waals surface area contributed by atoms with E-state index in [1.807, 2.05) is 18.3 Å². The molecule has 3 heteroatoms. The molecule has 1 aromatic carbocycles. The van der Waals surface area contributed by atoms with Crippen LogP contribution in [0.4, 0.5) is 0 Å². The lowest BCUT2D eigenvalue weighted by molar-refractivity contribution is 0.159. The van der Waals surface area contributed by atoms with E-state index >= 15 is 0 Å². The van der Waals surface area contributed by atoms with Crippen LogP contribution in [0, 0.1) is 0 Å². The topological polar surface area (TPSA) is 42.1 Å². The Kier molecular flexibility index (Phi) is 3.37. The first kappa shape index (κ1) is 13.0. The average Bonchev–Trinajstić information content (AvgIpc) is 2.37. The molecule has 0 amide bonds. The Morgan fingerprint density at radius 1 is 1.22 bits per heavy atom. The summed E-state index contributed by atoms with van der Waals surface area (Å²) in [6.45, 7) is 4.32. The zero-order valence-electron chi connectivity index (χ0n) is 11.5. The highest BCUT2D eigenvalue weighted by Gasteiger charge is 2.29. The van der Waals surface area contributed by atoms with Crippen molar-refractivity contribution in [2.45, 2.75) is 25.4 Å². The standard InChI is InChI=1S/C15H21N3/c1-15(2,18(3)4)14(16)12-7-8-13-11(10-12)6-5-9-17-13/h5-10,14H,16H2,1-4H3. The van der Waals surface area contributed by atoms with Crippen molar-refractivity contribution in [3.63, 3.8) is 0 Å². The van der Waals surface area contributed by atoms with Gasteiger partial charge < -0.3 is 10.6 Å². The Labute approximate surface area is 109 Å². The molecule has 0 radical (unpaired) electrons. The molecule has 0 saturated carbocycles. The lowest BCUT2D eigenvalue weighted by atomic mass is 9.88. The van der Waals surface area contributed by atoms with Crippen LogP contribution in [0.5, 0.6) is 0 Å². The van der Waals surface area contributed by atoms with Crippen molar-refractivity contribution in [3.05, 3.63) is 42.1 Å². The van der Waals surface area contributed by atoms with Crippen LogP contribution in [0.15, 0.2) is 36.5 Å². The van der Waals surface area contributed by atoms with Gasteiger partial charge in [0.1, 0.15) is 0 Å². The first-order valence-corrected chi connectivity index (χ1v) is 6.20. The van der Waals surface area contributed by atoms with Gasteiger partial charge in [-0.1, -0.05) is 12.1 Å². The summed E-state index contributed by atoms with van der Waals surface area (Å²) in [4.78, 5) is 6.49. The van der Waals surface area contributed by atoms with Crippen LogP contribution in [-0.2, 0) is 0 Å². The molecule has 0 aliphatic carbocycles. The molecule has 1 aromatic heterocycles. The molecule has 1 unspecified atom stereocenters. The molecule has 1 heterocycles. The summed E-state index contributed by atoms with van der Waals surface area (Å²) in [7, 11) is 4.12. The summed E-state index contributed by atoms with van der Waals surface area (Å²) in [6, 6.07) is 10.2. The molecule has 2 aromatic rings. The van der Waals surface area contributed by atoms with Gasteiger partial charge in [-0.15, -0.1) is 0 Å². The number of hydrogen-bond acceptors (Lipinski definition) is 3. The second kappa shape index (κ2) is 4.67. The maximum atomic E-state index is 6.40. The highest BCUT2D eigenvalue weighted by Crippen LogP contribution is 2.28. The van der Waals surface area contributed by atoms with E-state index in [1.54, 1.807) is 0 Å². The summed E-state index contributed by atoms with van der Waals surface area (Å²) >= 11 is 0. The Balaban J connectivity index is 2.42. The SMILES string of the molecule is CN(C)C(C)(C)C(N)c1ccc2ncccc2c1. The molecule has 18 heavy (non-hydrogen) atoms. The summed E-state index contributed by atoms with van der Waals surface area (Å²) in [5.74, 6) is 0. The summed E-state index contributed by atoms with van der Waals surface area (Å²) in [6.07, 6.45) is 1.81. The smallest absolute Gasteiger partial charge is 0.0702 e. The number of pyridine rings is 1. The quantitative estimate of drug-likeness (QED) is 0.901. The van der Waals surface area contributed by atoms with Gasteiger partial charge >= 0.3 is 0 Å². The van der Waals surface area contributed by atoms with Gasteiger partial charge in [-0.2, -0.15) is 0 Å². The fourth-order valence-corrected chi connectivity index (χ4v) is 1.97. The van der Waals surface area contributed by atoms with E-state index in [2.05, 4.69) is 56.0 Å². The summed E-state index contributed by atoms with van der Waals surface area (Å²) in [5.41, 5.74) is 8.47. The molecule has 3 nitrogen and oxygen atoms in total. The lowest BCUT2D eigenvalue weighted by Crippen LogP contribution is -2.47. The zero-order valence-corrected chi connectivity index (χ0v) is 11.5. The summed E-state index contributed by atoms with van der Waals surface area (Å²) in [5, 5.41) is 1.14. The number of benzene rings is 1. The fourth-order valence-electron chi connectivity index (χ4n) is 1.97. The molecule has 0 aliphatic rings. The second-order valence-electron chi connectivity index (χ2n) is 5.48. The fraction of sp³-hybridized carbons (Fsp3) is 0.400. The highest BCUT2D eigenvalue weighted by molar-refractivity contribution is 5.79. The van der Waals surface area contributed by atoms with Crippen molar-refractivity contribution in [1.82, 2.24) is 9.88 Å². The van der Waals surface area contributed by atoms with E-state index in [9.17, 15) is 0 Å². The van der Waals surface area contributed by atoms with Gasteiger partial charge in [0, 0.05) is 23.2 Å². The predicted molar refractivity (Wildman–Crippen MR) is 76.4 cm³/mol. The first-order valence-electron chi connectivity index (χ1n) is 6.20. The van der Waals surface area contributed by atoms with Gasteiger partial charge in [-0.25, -0.2) is 0 Å². The minimum atomic E-state index is -0.0874. The summed E-state index contributed by atoms with van der Waals surface area (Å²) < 4.78 is 0. The molecule has 1 atom stereocenters. The van der Waals surface area contributed by atoms with Crippen LogP contribution in [0.1, 0.15) is 25.5 Å². The Bertz CT molecular complexity index is 546. The molecule has 0 saturated heterocycles. The van der Waals surface area contributed by atoms with E-state index in [0.717, 1.165) is 16.5 Å². The number of nitrogens with zero attached hydrogens (tertiary/aromatic N) is 2. The third kappa shape index (κ3) is 2.24. The minimum absolute atomic E-state index is 0.0305. The van der Waals surface area contributed by atoms with E-state index < -0.39 is 0 Å². The number of aromatic nitrogens is 1. The molecule has 0 fully saturated rings. The van der Waals surface area contributed by atoms with Crippen LogP contribution in [0.25, 0.3) is 10.9 Å². The number of fused-ring (bicyclic) bond motifs is 1. The van der Waals surface area contributed by atoms with E-state index in [0.29, 0.717) is 0 Å². The number of likely N-dealkylation sites (N-methyl/N-ethyl adjacent to an activating group) is 1. The lowest BCUT2D eigenvalue weighted by Gasteiger charge is -2.38. The Hall–Kier alpha value is -1.45. The van der Waals surface area contributed by atoms with Gasteiger partial charge in [0.05, 0.1) is 5.52 Å². The van der Waals surface area contributed by atoms with Crippen molar-refractivity contribution in [1.29, 1.82) is 0 Å². The normalized spacial score (nSPS) is 14.1. The average molecular weight is 243 g/mol. The van der Waals surface area contributed by atoms with Gasteiger partial charge in [-0.05, 0) is 51.7 Å². The minimum Gasteiger partial charge on any atom is -0.322 e. The van der Waals surface area contributed by atoms with Crippen LogP contribution < -0.4 is 5.73 Å².